The van der Waals surface area contributed by atoms with Crippen molar-refractivity contribution in [3.05, 3.63) is 41.6 Å². The first-order chi connectivity index (χ1) is 10.8. The minimum atomic E-state index is 0.393. The summed E-state index contributed by atoms with van der Waals surface area (Å²) in [5, 5.41) is 4.45. The number of hydrogen-bond acceptors (Lipinski definition) is 4. The minimum Gasteiger partial charge on any atom is -0.468 e. The lowest BCUT2D eigenvalue weighted by Crippen LogP contribution is -2.35. The van der Waals surface area contributed by atoms with Crippen LogP contribution in [0.15, 0.2) is 29.0 Å². The molecule has 0 bridgehead atoms. The highest BCUT2D eigenvalue weighted by molar-refractivity contribution is 5.25. The number of hydrogen-bond donors (Lipinski definition) is 0. The first kappa shape index (κ1) is 14.0. The number of fused-ring (bicyclic) bond motifs is 1. The lowest BCUT2D eigenvalue weighted by Gasteiger charge is -2.32. The highest BCUT2D eigenvalue weighted by Gasteiger charge is 2.30. The van der Waals surface area contributed by atoms with Gasteiger partial charge in [0, 0.05) is 43.9 Å². The normalized spacial score (nSPS) is 22.0. The summed E-state index contributed by atoms with van der Waals surface area (Å²) < 4.78 is 13.5. The van der Waals surface area contributed by atoms with E-state index in [0.29, 0.717) is 5.92 Å². The fourth-order valence-corrected chi connectivity index (χ4v) is 3.38. The number of furan rings is 1. The van der Waals surface area contributed by atoms with E-state index in [1.165, 1.54) is 24.1 Å². The Bertz CT molecular complexity index is 616. The Labute approximate surface area is 130 Å². The van der Waals surface area contributed by atoms with Crippen LogP contribution >= 0.6 is 0 Å². The second kappa shape index (κ2) is 5.89. The fraction of sp³-hybridized carbons (Fsp3) is 0.588. The molecule has 2 aromatic heterocycles. The molecule has 4 rings (SSSR count). The van der Waals surface area contributed by atoms with Gasteiger partial charge in [-0.25, -0.2) is 0 Å². The fourth-order valence-electron chi connectivity index (χ4n) is 3.38. The Balaban J connectivity index is 1.46. The first-order valence-electron chi connectivity index (χ1n) is 8.13. The Morgan fingerprint density at radius 2 is 2.27 bits per heavy atom. The van der Waals surface area contributed by atoms with Gasteiger partial charge in [0.05, 0.1) is 25.6 Å². The number of aryl methyl sites for hydroxylation is 1. The summed E-state index contributed by atoms with van der Waals surface area (Å²) >= 11 is 0. The van der Waals surface area contributed by atoms with Crippen LogP contribution < -0.4 is 0 Å². The number of aromatic nitrogens is 2. The quantitative estimate of drug-likeness (QED) is 0.822. The summed E-state index contributed by atoms with van der Waals surface area (Å²) in [6, 6.07) is 3.99. The van der Waals surface area contributed by atoms with Crippen molar-refractivity contribution in [2.24, 2.45) is 13.0 Å². The van der Waals surface area contributed by atoms with E-state index in [2.05, 4.69) is 10.00 Å². The molecule has 0 N–H and O–H groups in total. The van der Waals surface area contributed by atoms with Crippen LogP contribution in [0.2, 0.25) is 0 Å². The van der Waals surface area contributed by atoms with Crippen LogP contribution in [0.4, 0.5) is 0 Å². The van der Waals surface area contributed by atoms with Gasteiger partial charge in [0.15, 0.2) is 0 Å². The molecule has 22 heavy (non-hydrogen) atoms. The van der Waals surface area contributed by atoms with Crippen LogP contribution in [0.25, 0.3) is 0 Å². The average Bonchev–Trinajstić information content (AvgIpc) is 3.04. The molecular formula is C17H23N3O2. The Hall–Kier alpha value is -1.59. The summed E-state index contributed by atoms with van der Waals surface area (Å²) in [5.41, 5.74) is 2.66. The molecule has 1 aliphatic heterocycles. The lowest BCUT2D eigenvalue weighted by molar-refractivity contribution is 0.0853. The van der Waals surface area contributed by atoms with Crippen LogP contribution in [-0.4, -0.2) is 34.4 Å². The molecule has 5 nitrogen and oxygen atoms in total. The van der Waals surface area contributed by atoms with Gasteiger partial charge in [-0.1, -0.05) is 0 Å². The molecule has 0 saturated heterocycles. The van der Waals surface area contributed by atoms with Gasteiger partial charge in [0.2, 0.25) is 0 Å². The number of ether oxygens (including phenoxy) is 1. The van der Waals surface area contributed by atoms with Crippen molar-refractivity contribution in [1.82, 2.24) is 14.7 Å². The van der Waals surface area contributed by atoms with Crippen LogP contribution in [0.5, 0.6) is 0 Å². The van der Waals surface area contributed by atoms with E-state index in [0.717, 1.165) is 44.5 Å². The molecule has 0 radical (unpaired) electrons. The standard InChI is InChI=1S/C17H23N3O2/c1-19-17-14(7-18-19)8-20(10-16-3-2-6-22-16)9-15(17)12-21-11-13-4-5-13/h2-3,6-7,13,15H,4-5,8-12H2,1H3/t15-/m0/s1. The van der Waals surface area contributed by atoms with E-state index >= 15 is 0 Å². The second-order valence-corrected chi connectivity index (χ2v) is 6.61. The Kier molecular flexibility index (Phi) is 3.76. The topological polar surface area (TPSA) is 43.4 Å². The van der Waals surface area contributed by atoms with Crippen LogP contribution in [0.1, 0.15) is 35.8 Å². The van der Waals surface area contributed by atoms with Gasteiger partial charge in [-0.3, -0.25) is 9.58 Å². The third-order valence-electron chi connectivity index (χ3n) is 4.65. The molecule has 0 unspecified atom stereocenters. The summed E-state index contributed by atoms with van der Waals surface area (Å²) in [7, 11) is 2.04. The second-order valence-electron chi connectivity index (χ2n) is 6.61. The van der Waals surface area contributed by atoms with E-state index < -0.39 is 0 Å². The Morgan fingerprint density at radius 3 is 3.05 bits per heavy atom. The zero-order valence-electron chi connectivity index (χ0n) is 13.1. The van der Waals surface area contributed by atoms with Crippen molar-refractivity contribution >= 4 is 0 Å². The van der Waals surface area contributed by atoms with Crippen molar-refractivity contribution in [3.63, 3.8) is 0 Å². The molecule has 1 atom stereocenters. The van der Waals surface area contributed by atoms with Crippen molar-refractivity contribution in [2.45, 2.75) is 31.8 Å². The van der Waals surface area contributed by atoms with Gasteiger partial charge >= 0.3 is 0 Å². The van der Waals surface area contributed by atoms with Gasteiger partial charge in [0.1, 0.15) is 5.76 Å². The van der Waals surface area contributed by atoms with E-state index in [1.54, 1.807) is 6.26 Å². The van der Waals surface area contributed by atoms with Gasteiger partial charge in [-0.2, -0.15) is 5.10 Å². The third-order valence-corrected chi connectivity index (χ3v) is 4.65. The molecule has 5 heteroatoms. The van der Waals surface area contributed by atoms with Crippen LogP contribution in [0.3, 0.4) is 0 Å². The molecular weight excluding hydrogens is 278 g/mol. The van der Waals surface area contributed by atoms with Crippen molar-refractivity contribution in [3.8, 4) is 0 Å². The van der Waals surface area contributed by atoms with Gasteiger partial charge in [0.25, 0.3) is 0 Å². The third kappa shape index (κ3) is 2.96. The summed E-state index contributed by atoms with van der Waals surface area (Å²) in [6.07, 6.45) is 6.42. The molecule has 118 valence electrons. The zero-order valence-corrected chi connectivity index (χ0v) is 13.1. The molecule has 2 aliphatic rings. The van der Waals surface area contributed by atoms with E-state index in [9.17, 15) is 0 Å². The minimum absolute atomic E-state index is 0.393. The SMILES string of the molecule is Cn1ncc2c1[C@H](COCC1CC1)CN(Cc1ccco1)C2. The zero-order chi connectivity index (χ0) is 14.9. The largest absolute Gasteiger partial charge is 0.468 e. The van der Waals surface area contributed by atoms with E-state index in [4.69, 9.17) is 9.15 Å². The molecule has 3 heterocycles. The monoisotopic (exact) mass is 301 g/mol. The van der Waals surface area contributed by atoms with Crippen molar-refractivity contribution < 1.29 is 9.15 Å². The van der Waals surface area contributed by atoms with E-state index in [1.807, 2.05) is 30.1 Å². The molecule has 1 saturated carbocycles. The van der Waals surface area contributed by atoms with Crippen LogP contribution in [-0.2, 0) is 24.9 Å². The maximum Gasteiger partial charge on any atom is 0.117 e. The molecule has 1 aliphatic carbocycles. The predicted octanol–water partition coefficient (Wildman–Crippen LogP) is 2.54. The van der Waals surface area contributed by atoms with Crippen molar-refractivity contribution in [1.29, 1.82) is 0 Å². The molecule has 2 aromatic rings. The van der Waals surface area contributed by atoms with Gasteiger partial charge in [-0.05, 0) is 30.9 Å². The maximum atomic E-state index is 5.97. The molecule has 1 fully saturated rings. The van der Waals surface area contributed by atoms with Gasteiger partial charge in [-0.15, -0.1) is 0 Å². The van der Waals surface area contributed by atoms with Gasteiger partial charge < -0.3 is 9.15 Å². The number of rotatable bonds is 6. The van der Waals surface area contributed by atoms with E-state index in [-0.39, 0.29) is 0 Å². The molecule has 0 spiro atoms. The first-order valence-corrected chi connectivity index (χ1v) is 8.13. The average molecular weight is 301 g/mol. The summed E-state index contributed by atoms with van der Waals surface area (Å²) in [6.45, 7) is 4.49. The highest BCUT2D eigenvalue weighted by Crippen LogP contribution is 2.32. The lowest BCUT2D eigenvalue weighted by atomic mass is 9.97. The highest BCUT2D eigenvalue weighted by atomic mass is 16.5. The molecule has 0 amide bonds. The molecule has 0 aromatic carbocycles. The summed E-state index contributed by atoms with van der Waals surface area (Å²) in [4.78, 5) is 2.42. The maximum absolute atomic E-state index is 5.97. The Morgan fingerprint density at radius 1 is 1.36 bits per heavy atom. The van der Waals surface area contributed by atoms with Crippen LogP contribution in [0, 0.1) is 5.92 Å². The smallest absolute Gasteiger partial charge is 0.117 e. The number of nitrogens with zero attached hydrogens (tertiary/aromatic N) is 3. The predicted molar refractivity (Wildman–Crippen MR) is 82.3 cm³/mol. The van der Waals surface area contributed by atoms with Crippen molar-refractivity contribution in [2.75, 3.05) is 19.8 Å². The summed E-state index contributed by atoms with van der Waals surface area (Å²) in [5.74, 6) is 2.23.